The van der Waals surface area contributed by atoms with E-state index in [0.717, 1.165) is 21.3 Å². The Kier molecular flexibility index (Phi) is 4.61. The highest BCUT2D eigenvalue weighted by Gasteiger charge is 2.06. The summed E-state index contributed by atoms with van der Waals surface area (Å²) in [6.07, 6.45) is 0. The van der Waals surface area contributed by atoms with E-state index in [4.69, 9.17) is 11.6 Å². The summed E-state index contributed by atoms with van der Waals surface area (Å²) in [4.78, 5) is 12.1. The first kappa shape index (κ1) is 14.1. The zero-order valence-corrected chi connectivity index (χ0v) is 12.8. The molecule has 0 saturated carbocycles. The molecule has 1 N–H and O–H groups in total. The number of hydrogen-bond donors (Lipinski definition) is 1. The zero-order valence-electron chi connectivity index (χ0n) is 10.4. The van der Waals surface area contributed by atoms with Crippen LogP contribution in [-0.4, -0.2) is 5.91 Å². The third kappa shape index (κ3) is 3.58. The minimum atomic E-state index is -0.128. The topological polar surface area (TPSA) is 29.1 Å². The highest BCUT2D eigenvalue weighted by atomic mass is 79.9. The van der Waals surface area contributed by atoms with E-state index < -0.39 is 0 Å². The first-order valence-corrected chi connectivity index (χ1v) is 7.15. The molecule has 2 nitrogen and oxygen atoms in total. The van der Waals surface area contributed by atoms with E-state index in [9.17, 15) is 4.79 Å². The predicted octanol–water partition coefficient (Wildman–Crippen LogP) is 4.75. The van der Waals surface area contributed by atoms with Gasteiger partial charge in [-0.05, 0) is 42.3 Å². The molecular formula is C15H13BrClNO. The summed E-state index contributed by atoms with van der Waals surface area (Å²) in [5.41, 5.74) is 3.51. The van der Waals surface area contributed by atoms with E-state index in [1.54, 1.807) is 12.1 Å². The van der Waals surface area contributed by atoms with Crippen molar-refractivity contribution >= 4 is 39.1 Å². The fourth-order valence-electron chi connectivity index (χ4n) is 1.62. The van der Waals surface area contributed by atoms with Crippen LogP contribution in [0.2, 0.25) is 0 Å². The van der Waals surface area contributed by atoms with Crippen LogP contribution in [0.5, 0.6) is 0 Å². The second-order valence-electron chi connectivity index (χ2n) is 4.25. The number of carbonyl (C=O) groups excluding carboxylic acids is 1. The van der Waals surface area contributed by atoms with Gasteiger partial charge >= 0.3 is 0 Å². The number of amides is 1. The molecule has 0 heterocycles. The molecule has 4 heteroatoms. The van der Waals surface area contributed by atoms with Crippen LogP contribution in [0.1, 0.15) is 21.5 Å². The van der Waals surface area contributed by atoms with Crippen molar-refractivity contribution in [2.24, 2.45) is 0 Å². The molecule has 0 atom stereocenters. The van der Waals surface area contributed by atoms with Gasteiger partial charge in [-0.15, -0.1) is 11.6 Å². The summed E-state index contributed by atoms with van der Waals surface area (Å²) in [6, 6.07) is 13.0. The standard InChI is InChI=1S/C15H13BrClNO/c1-10-2-7-13(8-14(10)16)18-15(19)12-5-3-11(9-17)4-6-12/h2-8H,9H2,1H3,(H,18,19). The first-order chi connectivity index (χ1) is 9.10. The Labute approximate surface area is 125 Å². The van der Waals surface area contributed by atoms with Crippen molar-refractivity contribution in [2.75, 3.05) is 5.32 Å². The Hall–Kier alpha value is -1.32. The Morgan fingerprint density at radius 1 is 1.21 bits per heavy atom. The lowest BCUT2D eigenvalue weighted by Crippen LogP contribution is -2.11. The van der Waals surface area contributed by atoms with Crippen molar-refractivity contribution in [3.05, 3.63) is 63.6 Å². The zero-order chi connectivity index (χ0) is 13.8. The molecule has 0 fully saturated rings. The minimum absolute atomic E-state index is 0.128. The van der Waals surface area contributed by atoms with E-state index in [2.05, 4.69) is 21.2 Å². The lowest BCUT2D eigenvalue weighted by molar-refractivity contribution is 0.102. The summed E-state index contributed by atoms with van der Waals surface area (Å²) in [5, 5.41) is 2.86. The molecule has 2 aromatic rings. The second-order valence-corrected chi connectivity index (χ2v) is 5.37. The first-order valence-electron chi connectivity index (χ1n) is 5.82. The molecule has 0 bridgehead atoms. The van der Waals surface area contributed by atoms with Crippen LogP contribution in [0.3, 0.4) is 0 Å². The number of halogens is 2. The monoisotopic (exact) mass is 337 g/mol. The maximum Gasteiger partial charge on any atom is 0.255 e. The van der Waals surface area contributed by atoms with Crippen molar-refractivity contribution in [3.63, 3.8) is 0 Å². The lowest BCUT2D eigenvalue weighted by Gasteiger charge is -2.07. The van der Waals surface area contributed by atoms with Gasteiger partial charge in [-0.3, -0.25) is 4.79 Å². The SMILES string of the molecule is Cc1ccc(NC(=O)c2ccc(CCl)cc2)cc1Br. The molecule has 0 aliphatic heterocycles. The molecule has 19 heavy (non-hydrogen) atoms. The third-order valence-electron chi connectivity index (χ3n) is 2.80. The normalized spacial score (nSPS) is 10.3. The summed E-state index contributed by atoms with van der Waals surface area (Å²) >= 11 is 9.16. The highest BCUT2D eigenvalue weighted by Crippen LogP contribution is 2.21. The fourth-order valence-corrected chi connectivity index (χ4v) is 2.18. The molecule has 0 aliphatic carbocycles. The summed E-state index contributed by atoms with van der Waals surface area (Å²) in [6.45, 7) is 2.00. The van der Waals surface area contributed by atoms with E-state index in [0.29, 0.717) is 11.4 Å². The molecule has 0 radical (unpaired) electrons. The Bertz CT molecular complexity index is 596. The van der Waals surface area contributed by atoms with Crippen LogP contribution in [-0.2, 0) is 5.88 Å². The number of benzene rings is 2. The molecule has 98 valence electrons. The van der Waals surface area contributed by atoms with Crippen molar-refractivity contribution in [1.29, 1.82) is 0 Å². The van der Waals surface area contributed by atoms with Crippen molar-refractivity contribution in [3.8, 4) is 0 Å². The van der Waals surface area contributed by atoms with E-state index in [1.807, 2.05) is 37.3 Å². The van der Waals surface area contributed by atoms with Gasteiger partial charge in [0.1, 0.15) is 0 Å². The lowest BCUT2D eigenvalue weighted by atomic mass is 10.1. The van der Waals surface area contributed by atoms with Gasteiger partial charge in [0.25, 0.3) is 5.91 Å². The van der Waals surface area contributed by atoms with Gasteiger partial charge in [0.05, 0.1) is 0 Å². The number of rotatable bonds is 3. The number of nitrogens with one attached hydrogen (secondary N) is 1. The second kappa shape index (κ2) is 6.22. The minimum Gasteiger partial charge on any atom is -0.322 e. The third-order valence-corrected chi connectivity index (χ3v) is 3.96. The molecular weight excluding hydrogens is 326 g/mol. The molecule has 0 aromatic heterocycles. The smallest absolute Gasteiger partial charge is 0.255 e. The maximum absolute atomic E-state index is 12.1. The van der Waals surface area contributed by atoms with Crippen molar-refractivity contribution in [2.45, 2.75) is 12.8 Å². The van der Waals surface area contributed by atoms with Crippen LogP contribution >= 0.6 is 27.5 Å². The molecule has 2 aromatic carbocycles. The Morgan fingerprint density at radius 2 is 1.89 bits per heavy atom. The summed E-state index contributed by atoms with van der Waals surface area (Å²) < 4.78 is 0.975. The molecule has 0 unspecified atom stereocenters. The maximum atomic E-state index is 12.1. The Morgan fingerprint density at radius 3 is 2.47 bits per heavy atom. The van der Waals surface area contributed by atoms with Gasteiger partial charge in [0, 0.05) is 21.6 Å². The molecule has 2 rings (SSSR count). The van der Waals surface area contributed by atoms with Crippen LogP contribution in [0.15, 0.2) is 46.9 Å². The number of aryl methyl sites for hydroxylation is 1. The molecule has 0 spiro atoms. The van der Waals surface area contributed by atoms with Gasteiger partial charge in [0.2, 0.25) is 0 Å². The molecule has 1 amide bonds. The van der Waals surface area contributed by atoms with Crippen LogP contribution in [0.4, 0.5) is 5.69 Å². The van der Waals surface area contributed by atoms with Gasteiger partial charge in [-0.2, -0.15) is 0 Å². The average Bonchev–Trinajstić information content (AvgIpc) is 2.43. The fraction of sp³-hybridized carbons (Fsp3) is 0.133. The molecule has 0 saturated heterocycles. The highest BCUT2D eigenvalue weighted by molar-refractivity contribution is 9.10. The quantitative estimate of drug-likeness (QED) is 0.804. The van der Waals surface area contributed by atoms with Crippen LogP contribution < -0.4 is 5.32 Å². The summed E-state index contributed by atoms with van der Waals surface area (Å²) in [7, 11) is 0. The largest absolute Gasteiger partial charge is 0.322 e. The van der Waals surface area contributed by atoms with Crippen molar-refractivity contribution < 1.29 is 4.79 Å². The van der Waals surface area contributed by atoms with Gasteiger partial charge in [-0.25, -0.2) is 0 Å². The van der Waals surface area contributed by atoms with Crippen molar-refractivity contribution in [1.82, 2.24) is 0 Å². The van der Waals surface area contributed by atoms with Crippen LogP contribution in [0.25, 0.3) is 0 Å². The van der Waals surface area contributed by atoms with E-state index in [1.165, 1.54) is 0 Å². The van der Waals surface area contributed by atoms with Crippen LogP contribution in [0, 0.1) is 6.92 Å². The Balaban J connectivity index is 2.13. The van der Waals surface area contributed by atoms with E-state index in [-0.39, 0.29) is 5.91 Å². The predicted molar refractivity (Wildman–Crippen MR) is 82.8 cm³/mol. The van der Waals surface area contributed by atoms with Gasteiger partial charge < -0.3 is 5.32 Å². The average molecular weight is 339 g/mol. The number of anilines is 1. The number of alkyl halides is 1. The van der Waals surface area contributed by atoms with Gasteiger partial charge in [0.15, 0.2) is 0 Å². The van der Waals surface area contributed by atoms with Gasteiger partial charge in [-0.1, -0.05) is 34.1 Å². The number of carbonyl (C=O) groups is 1. The summed E-state index contributed by atoms with van der Waals surface area (Å²) in [5.74, 6) is 0.323. The van der Waals surface area contributed by atoms with E-state index >= 15 is 0 Å². The number of hydrogen-bond acceptors (Lipinski definition) is 1. The molecule has 0 aliphatic rings.